The molecule has 2 N–H and O–H groups in total. The number of nitrogens with one attached hydrogen (secondary N) is 2. The van der Waals surface area contributed by atoms with Crippen molar-refractivity contribution < 1.29 is 23.8 Å². The Kier molecular flexibility index (Phi) is 12.1. The van der Waals surface area contributed by atoms with E-state index >= 15 is 0 Å². The fourth-order valence-electron chi connectivity index (χ4n) is 2.91. The van der Waals surface area contributed by atoms with Gasteiger partial charge in [-0.2, -0.15) is 4.91 Å². The molecule has 4 unspecified atom stereocenters. The minimum absolute atomic E-state index is 0.0577. The predicted molar refractivity (Wildman–Crippen MR) is 109 cm³/mol. The van der Waals surface area contributed by atoms with Crippen LogP contribution in [0.2, 0.25) is 0 Å². The lowest BCUT2D eigenvalue weighted by Crippen LogP contribution is -2.54. The maximum Gasteiger partial charge on any atom is 0.407 e. The molecule has 9 heteroatoms. The molecule has 29 heavy (non-hydrogen) atoms. The molecule has 0 aromatic carbocycles. The van der Waals surface area contributed by atoms with Gasteiger partial charge in [0.1, 0.15) is 13.2 Å². The maximum absolute atomic E-state index is 12.7. The van der Waals surface area contributed by atoms with Gasteiger partial charge < -0.3 is 24.8 Å². The van der Waals surface area contributed by atoms with Gasteiger partial charge in [-0.1, -0.05) is 38.6 Å². The highest BCUT2D eigenvalue weighted by molar-refractivity contribution is 5.83. The lowest BCUT2D eigenvalue weighted by atomic mass is 10.1. The average molecular weight is 414 g/mol. The Morgan fingerprint density at radius 2 is 2.00 bits per heavy atom. The number of rotatable bonds is 11. The summed E-state index contributed by atoms with van der Waals surface area (Å²) in [5.74, 6) is -0.285. The molecule has 1 aliphatic carbocycles. The second-order valence-electron chi connectivity index (χ2n) is 6.82. The van der Waals surface area contributed by atoms with Gasteiger partial charge in [-0.3, -0.25) is 4.79 Å². The van der Waals surface area contributed by atoms with Crippen LogP contribution in [0.4, 0.5) is 4.79 Å². The monoisotopic (exact) mass is 413 g/mol. The Bertz CT molecular complexity index is 526. The van der Waals surface area contributed by atoms with E-state index < -0.39 is 24.5 Å². The van der Waals surface area contributed by atoms with Crippen molar-refractivity contribution in [2.45, 2.75) is 89.9 Å². The fourth-order valence-corrected chi connectivity index (χ4v) is 2.91. The fraction of sp³-hybridized carbons (Fsp3) is 0.800. The van der Waals surface area contributed by atoms with E-state index in [1.54, 1.807) is 0 Å². The van der Waals surface area contributed by atoms with Crippen molar-refractivity contribution in [3.05, 3.63) is 17.6 Å². The highest BCUT2D eigenvalue weighted by atomic mass is 16.7. The van der Waals surface area contributed by atoms with Crippen molar-refractivity contribution in [3.8, 4) is 0 Å². The molecule has 0 aromatic heterocycles. The summed E-state index contributed by atoms with van der Waals surface area (Å²) in [6, 6.07) is -0.414. The molecule has 1 aliphatic heterocycles. The van der Waals surface area contributed by atoms with Crippen LogP contribution in [0.25, 0.3) is 0 Å². The number of alkyl carbamates (subject to hydrolysis) is 1. The minimum Gasteiger partial charge on any atom is -0.445 e. The molecule has 0 bridgehead atoms. The van der Waals surface area contributed by atoms with Crippen molar-refractivity contribution in [1.82, 2.24) is 10.6 Å². The van der Waals surface area contributed by atoms with Crippen LogP contribution in [0.1, 0.15) is 59.3 Å². The van der Waals surface area contributed by atoms with Crippen molar-refractivity contribution in [2.75, 3.05) is 13.2 Å². The van der Waals surface area contributed by atoms with Crippen molar-refractivity contribution >= 4 is 12.0 Å². The van der Waals surface area contributed by atoms with Gasteiger partial charge in [0.2, 0.25) is 0 Å². The third kappa shape index (κ3) is 9.36. The van der Waals surface area contributed by atoms with Crippen molar-refractivity contribution in [3.63, 3.8) is 0 Å². The summed E-state index contributed by atoms with van der Waals surface area (Å²) >= 11 is 0. The lowest BCUT2D eigenvalue weighted by molar-refractivity contribution is -0.216. The second-order valence-corrected chi connectivity index (χ2v) is 6.82. The van der Waals surface area contributed by atoms with Crippen LogP contribution in [0.5, 0.6) is 0 Å². The van der Waals surface area contributed by atoms with Crippen LogP contribution in [0, 0.1) is 4.91 Å². The van der Waals surface area contributed by atoms with Crippen LogP contribution in [0.3, 0.4) is 0 Å². The number of amides is 2. The number of nitroso groups, excluding NO2 is 1. The summed E-state index contributed by atoms with van der Waals surface area (Å²) in [6.45, 7) is 9.48. The summed E-state index contributed by atoms with van der Waals surface area (Å²) in [5.41, 5.74) is 0. The number of hydrogen-bond acceptors (Lipinski definition) is 7. The van der Waals surface area contributed by atoms with Crippen LogP contribution in [-0.2, 0) is 19.0 Å². The summed E-state index contributed by atoms with van der Waals surface area (Å²) < 4.78 is 16.6. The van der Waals surface area contributed by atoms with Gasteiger partial charge >= 0.3 is 6.09 Å². The van der Waals surface area contributed by atoms with E-state index in [2.05, 4.69) is 22.4 Å². The average Bonchev–Trinajstić information content (AvgIpc) is 3.55. The molecule has 0 spiro atoms. The van der Waals surface area contributed by atoms with Crippen LogP contribution < -0.4 is 10.6 Å². The Morgan fingerprint density at radius 1 is 1.28 bits per heavy atom. The number of nitrogens with zero attached hydrogens (tertiary/aromatic N) is 1. The molecule has 1 saturated carbocycles. The molecule has 1 saturated heterocycles. The van der Waals surface area contributed by atoms with Gasteiger partial charge in [0, 0.05) is 6.04 Å². The van der Waals surface area contributed by atoms with Crippen LogP contribution in [-0.4, -0.2) is 55.7 Å². The maximum atomic E-state index is 12.7. The lowest BCUT2D eigenvalue weighted by Gasteiger charge is -2.34. The molecule has 2 aliphatic rings. The largest absolute Gasteiger partial charge is 0.445 e. The summed E-state index contributed by atoms with van der Waals surface area (Å²) in [4.78, 5) is 35.1. The Labute approximate surface area is 172 Å². The molecule has 166 valence electrons. The molecule has 0 aromatic rings. The molecule has 2 rings (SSSR count). The third-order valence-electron chi connectivity index (χ3n) is 4.51. The zero-order valence-electron chi connectivity index (χ0n) is 17.7. The molecule has 1 heterocycles. The zero-order chi connectivity index (χ0) is 21.6. The third-order valence-corrected chi connectivity index (χ3v) is 4.51. The topological polar surface area (TPSA) is 115 Å². The Balaban J connectivity index is 0.00000204. The molecule has 4 atom stereocenters. The highest BCUT2D eigenvalue weighted by Crippen LogP contribution is 2.24. The molecule has 0 radical (unpaired) electrons. The van der Waals surface area contributed by atoms with Gasteiger partial charge in [-0.25, -0.2) is 4.79 Å². The zero-order valence-corrected chi connectivity index (χ0v) is 17.7. The number of carbonyl (C=O) groups excluding carboxylic acids is 2. The van der Waals surface area contributed by atoms with Gasteiger partial charge in [0.15, 0.2) is 12.4 Å². The van der Waals surface area contributed by atoms with Gasteiger partial charge in [-0.15, -0.1) is 0 Å². The van der Waals surface area contributed by atoms with Gasteiger partial charge in [-0.05, 0) is 38.5 Å². The van der Waals surface area contributed by atoms with E-state index in [1.807, 2.05) is 20.8 Å². The first-order valence-electron chi connectivity index (χ1n) is 10.5. The van der Waals surface area contributed by atoms with E-state index in [-0.39, 0.29) is 31.2 Å². The summed E-state index contributed by atoms with van der Waals surface area (Å²) in [6.07, 6.45) is 3.49. The van der Waals surface area contributed by atoms with E-state index in [1.165, 1.54) is 6.08 Å². The normalized spacial score (nSPS) is 22.9. The smallest absolute Gasteiger partial charge is 0.407 e. The molecular weight excluding hydrogens is 378 g/mol. The second kappa shape index (κ2) is 14.1. The molecule has 2 amide bonds. The summed E-state index contributed by atoms with van der Waals surface area (Å²) in [5, 5.41) is 8.48. The number of carbonyl (C=O) groups is 2. The van der Waals surface area contributed by atoms with Crippen molar-refractivity contribution in [2.24, 2.45) is 5.18 Å². The Hall–Kier alpha value is -2.00. The molecule has 9 nitrogen and oxygen atoms in total. The first-order valence-corrected chi connectivity index (χ1v) is 10.5. The van der Waals surface area contributed by atoms with E-state index in [9.17, 15) is 14.5 Å². The van der Waals surface area contributed by atoms with E-state index in [0.29, 0.717) is 12.8 Å². The van der Waals surface area contributed by atoms with E-state index in [4.69, 9.17) is 14.2 Å². The first kappa shape index (κ1) is 25.0. The van der Waals surface area contributed by atoms with Crippen LogP contribution >= 0.6 is 0 Å². The molecular formula is C20H35N3O6. The molecule has 2 fully saturated rings. The number of hydrogen-bond donors (Lipinski definition) is 2. The first-order chi connectivity index (χ1) is 14.1. The highest BCUT2D eigenvalue weighted by Gasteiger charge is 2.36. The van der Waals surface area contributed by atoms with E-state index in [0.717, 1.165) is 25.7 Å². The van der Waals surface area contributed by atoms with Crippen molar-refractivity contribution in [1.29, 1.82) is 0 Å². The Morgan fingerprint density at radius 3 is 2.59 bits per heavy atom. The summed E-state index contributed by atoms with van der Waals surface area (Å²) in [7, 11) is 0. The standard InChI is InChI=1S/C18H29N3O6.C2H6/c1-3-10-25-18(23)21-14(4-2)16(17(22)20-12-8-9-12)27-15-7-5-6-13(26-15)11-19-24;1-2/h3,12-16H,1,4-11H2,2H3,(H,20,22)(H,21,23);1-2H3. The minimum atomic E-state index is -0.917. The van der Waals surface area contributed by atoms with Crippen LogP contribution in [0.15, 0.2) is 17.8 Å². The predicted octanol–water partition coefficient (Wildman–Crippen LogP) is 3.03. The SMILES string of the molecule is C=CCOC(=O)NC(CC)C(OC1CCCC(CN=O)O1)C(=O)NC1CC1.CC. The quantitative estimate of drug-likeness (QED) is 0.397. The number of ether oxygens (including phenoxy) is 3. The van der Waals surface area contributed by atoms with Gasteiger partial charge in [0.05, 0.1) is 12.1 Å². The van der Waals surface area contributed by atoms with Gasteiger partial charge in [0.25, 0.3) is 5.91 Å².